The number of carbonyl (C=O) groups excluding carboxylic acids is 1. The quantitative estimate of drug-likeness (QED) is 0.810. The zero-order valence-corrected chi connectivity index (χ0v) is 13.6. The summed E-state index contributed by atoms with van der Waals surface area (Å²) >= 11 is 9.30. The Morgan fingerprint density at radius 3 is 2.68 bits per heavy atom. The minimum Gasteiger partial charge on any atom is -0.328 e. The van der Waals surface area contributed by atoms with E-state index in [1.165, 1.54) is 0 Å². The summed E-state index contributed by atoms with van der Waals surface area (Å²) in [6.07, 6.45) is 2.76. The van der Waals surface area contributed by atoms with E-state index in [0.29, 0.717) is 5.02 Å². The van der Waals surface area contributed by atoms with Crippen LogP contribution in [0.5, 0.6) is 0 Å². The normalized spacial score (nSPS) is 13.9. The Kier molecular flexibility index (Phi) is 6.83. The van der Waals surface area contributed by atoms with Gasteiger partial charge >= 0.3 is 0 Å². The van der Waals surface area contributed by atoms with Crippen molar-refractivity contribution in [1.82, 2.24) is 0 Å². The number of benzene rings is 1. The SMILES string of the molecule is CC(N)CCCC(C)C(=O)Nc1ccc(Br)c(Cl)c1. The second-order valence-corrected chi connectivity index (χ2v) is 6.19. The molecule has 0 bridgehead atoms. The van der Waals surface area contributed by atoms with Gasteiger partial charge in [0.2, 0.25) is 5.91 Å². The van der Waals surface area contributed by atoms with Crippen LogP contribution in [0.1, 0.15) is 33.1 Å². The fourth-order valence-corrected chi connectivity index (χ4v) is 2.14. The van der Waals surface area contributed by atoms with Crippen molar-refractivity contribution in [3.63, 3.8) is 0 Å². The van der Waals surface area contributed by atoms with Gasteiger partial charge < -0.3 is 11.1 Å². The standard InChI is InChI=1S/C14H20BrClN2O/c1-9(4-3-5-10(2)17)14(19)18-11-6-7-12(15)13(16)8-11/h6-10H,3-5,17H2,1-2H3,(H,18,19). The fraction of sp³-hybridized carbons (Fsp3) is 0.500. The Balaban J connectivity index is 2.47. The van der Waals surface area contributed by atoms with Crippen molar-refractivity contribution in [2.75, 3.05) is 5.32 Å². The van der Waals surface area contributed by atoms with Crippen molar-refractivity contribution in [2.24, 2.45) is 11.7 Å². The van der Waals surface area contributed by atoms with E-state index in [-0.39, 0.29) is 17.9 Å². The summed E-state index contributed by atoms with van der Waals surface area (Å²) in [6.45, 7) is 3.91. The highest BCUT2D eigenvalue weighted by Gasteiger charge is 2.13. The first kappa shape index (κ1) is 16.5. The molecule has 1 aromatic carbocycles. The summed E-state index contributed by atoms with van der Waals surface area (Å²) in [4.78, 5) is 12.0. The van der Waals surface area contributed by atoms with E-state index in [4.69, 9.17) is 17.3 Å². The highest BCUT2D eigenvalue weighted by molar-refractivity contribution is 9.10. The number of nitrogens with two attached hydrogens (primary N) is 1. The molecule has 0 aliphatic rings. The van der Waals surface area contributed by atoms with Gasteiger partial charge in [0.05, 0.1) is 5.02 Å². The van der Waals surface area contributed by atoms with E-state index in [0.717, 1.165) is 29.4 Å². The number of halogens is 2. The van der Waals surface area contributed by atoms with Crippen LogP contribution in [0, 0.1) is 5.92 Å². The Morgan fingerprint density at radius 1 is 1.42 bits per heavy atom. The predicted molar refractivity (Wildman–Crippen MR) is 84.4 cm³/mol. The van der Waals surface area contributed by atoms with E-state index >= 15 is 0 Å². The number of carbonyl (C=O) groups is 1. The Hall–Kier alpha value is -0.580. The van der Waals surface area contributed by atoms with Crippen LogP contribution in [0.25, 0.3) is 0 Å². The van der Waals surface area contributed by atoms with Crippen LogP contribution in [0.3, 0.4) is 0 Å². The maximum absolute atomic E-state index is 12.0. The number of nitrogens with one attached hydrogen (secondary N) is 1. The first-order chi connectivity index (χ1) is 8.90. The molecule has 2 unspecified atom stereocenters. The molecule has 0 aliphatic carbocycles. The second kappa shape index (κ2) is 7.88. The van der Waals surface area contributed by atoms with Crippen LogP contribution in [0.4, 0.5) is 5.69 Å². The summed E-state index contributed by atoms with van der Waals surface area (Å²) in [5, 5.41) is 3.46. The van der Waals surface area contributed by atoms with Crippen LogP contribution >= 0.6 is 27.5 Å². The van der Waals surface area contributed by atoms with Gasteiger partial charge in [0.15, 0.2) is 0 Å². The van der Waals surface area contributed by atoms with E-state index < -0.39 is 0 Å². The van der Waals surface area contributed by atoms with Gasteiger partial charge in [-0.25, -0.2) is 0 Å². The first-order valence-electron chi connectivity index (χ1n) is 6.41. The van der Waals surface area contributed by atoms with Crippen molar-refractivity contribution in [3.05, 3.63) is 27.7 Å². The van der Waals surface area contributed by atoms with Gasteiger partial charge in [-0.05, 0) is 53.9 Å². The third-order valence-corrected chi connectivity index (χ3v) is 4.16. The lowest BCUT2D eigenvalue weighted by Gasteiger charge is -2.13. The summed E-state index contributed by atoms with van der Waals surface area (Å²) in [7, 11) is 0. The molecule has 0 saturated heterocycles. The van der Waals surface area contributed by atoms with Crippen LogP contribution in [0.2, 0.25) is 5.02 Å². The second-order valence-electron chi connectivity index (χ2n) is 4.93. The van der Waals surface area contributed by atoms with Crippen molar-refractivity contribution >= 4 is 39.1 Å². The number of hydrogen-bond acceptors (Lipinski definition) is 2. The summed E-state index contributed by atoms with van der Waals surface area (Å²) in [6, 6.07) is 5.57. The molecule has 19 heavy (non-hydrogen) atoms. The zero-order valence-electron chi connectivity index (χ0n) is 11.2. The summed E-state index contributed by atoms with van der Waals surface area (Å²) in [5.74, 6) is -0.00997. The molecular weight excluding hydrogens is 328 g/mol. The molecule has 1 aromatic rings. The Bertz CT molecular complexity index is 437. The van der Waals surface area contributed by atoms with E-state index in [2.05, 4.69) is 21.2 Å². The summed E-state index contributed by atoms with van der Waals surface area (Å²) < 4.78 is 0.817. The fourth-order valence-electron chi connectivity index (χ4n) is 1.72. The molecular formula is C14H20BrClN2O. The topological polar surface area (TPSA) is 55.1 Å². The van der Waals surface area contributed by atoms with Gasteiger partial charge in [-0.3, -0.25) is 4.79 Å². The Morgan fingerprint density at radius 2 is 2.11 bits per heavy atom. The molecule has 3 N–H and O–H groups in total. The molecule has 0 saturated carbocycles. The van der Waals surface area contributed by atoms with E-state index in [1.54, 1.807) is 6.07 Å². The van der Waals surface area contributed by atoms with Gasteiger partial charge in [0.1, 0.15) is 0 Å². The van der Waals surface area contributed by atoms with Crippen LogP contribution in [-0.2, 0) is 4.79 Å². The lowest BCUT2D eigenvalue weighted by atomic mass is 10.0. The van der Waals surface area contributed by atoms with E-state index in [1.807, 2.05) is 26.0 Å². The first-order valence-corrected chi connectivity index (χ1v) is 7.58. The molecule has 0 aliphatic heterocycles. The minimum atomic E-state index is -0.0267. The molecule has 0 radical (unpaired) electrons. The average molecular weight is 348 g/mol. The zero-order chi connectivity index (χ0) is 14.4. The predicted octanol–water partition coefficient (Wildman–Crippen LogP) is 4.19. The van der Waals surface area contributed by atoms with Gasteiger partial charge in [0.25, 0.3) is 0 Å². The molecule has 2 atom stereocenters. The molecule has 0 spiro atoms. The van der Waals surface area contributed by atoms with Gasteiger partial charge in [-0.1, -0.05) is 24.9 Å². The molecule has 106 valence electrons. The van der Waals surface area contributed by atoms with Gasteiger partial charge in [-0.2, -0.15) is 0 Å². The van der Waals surface area contributed by atoms with Crippen LogP contribution < -0.4 is 11.1 Å². The average Bonchev–Trinajstić information content (AvgIpc) is 2.33. The molecule has 1 rings (SSSR count). The maximum Gasteiger partial charge on any atom is 0.227 e. The van der Waals surface area contributed by atoms with Crippen molar-refractivity contribution in [3.8, 4) is 0 Å². The smallest absolute Gasteiger partial charge is 0.227 e. The van der Waals surface area contributed by atoms with Crippen LogP contribution in [-0.4, -0.2) is 11.9 Å². The highest BCUT2D eigenvalue weighted by atomic mass is 79.9. The molecule has 0 aromatic heterocycles. The summed E-state index contributed by atoms with van der Waals surface area (Å²) in [5.41, 5.74) is 6.41. The van der Waals surface area contributed by atoms with Crippen molar-refractivity contribution in [1.29, 1.82) is 0 Å². The maximum atomic E-state index is 12.0. The van der Waals surface area contributed by atoms with Crippen LogP contribution in [0.15, 0.2) is 22.7 Å². The lowest BCUT2D eigenvalue weighted by molar-refractivity contribution is -0.119. The monoisotopic (exact) mass is 346 g/mol. The van der Waals surface area contributed by atoms with Crippen molar-refractivity contribution in [2.45, 2.75) is 39.2 Å². The number of hydrogen-bond donors (Lipinski definition) is 2. The number of anilines is 1. The van der Waals surface area contributed by atoms with Gasteiger partial charge in [0, 0.05) is 22.1 Å². The third kappa shape index (κ3) is 5.93. The van der Waals surface area contributed by atoms with Crippen molar-refractivity contribution < 1.29 is 4.79 Å². The molecule has 0 heterocycles. The molecule has 3 nitrogen and oxygen atoms in total. The lowest BCUT2D eigenvalue weighted by Crippen LogP contribution is -2.21. The van der Waals surface area contributed by atoms with Gasteiger partial charge in [-0.15, -0.1) is 0 Å². The molecule has 1 amide bonds. The molecule has 5 heteroatoms. The van der Waals surface area contributed by atoms with E-state index in [9.17, 15) is 4.79 Å². The molecule has 0 fully saturated rings. The number of rotatable bonds is 6. The minimum absolute atomic E-state index is 0.0167. The highest BCUT2D eigenvalue weighted by Crippen LogP contribution is 2.26. The Labute approximate surface area is 128 Å². The largest absolute Gasteiger partial charge is 0.328 e. The third-order valence-electron chi connectivity index (χ3n) is 2.93. The number of amides is 1.